The van der Waals surface area contributed by atoms with Crippen LogP contribution in [0.25, 0.3) is 0 Å². The molecule has 0 aliphatic rings. The number of esters is 1. The summed E-state index contributed by atoms with van der Waals surface area (Å²) in [6.45, 7) is 4.91. The van der Waals surface area contributed by atoms with Gasteiger partial charge < -0.3 is 20.3 Å². The first-order chi connectivity index (χ1) is 33.0. The van der Waals surface area contributed by atoms with Crippen molar-refractivity contribution >= 4 is 11.9 Å². The minimum Gasteiger partial charge on any atom is -0.466 e. The SMILES string of the molecule is CCCCCCCC/C=C\CCCCCCCC(=O)OCCCCCCCCCCCCCCCCCCCCCCC(=O)NC(CO)C(O)/C=C/CCCCCCCCCCCCCCC. The van der Waals surface area contributed by atoms with E-state index in [-0.39, 0.29) is 18.5 Å². The molecule has 0 fully saturated rings. The fourth-order valence-corrected chi connectivity index (χ4v) is 9.34. The largest absolute Gasteiger partial charge is 0.466 e. The fraction of sp³-hybridized carbons (Fsp3) is 0.902. The molecule has 6 heteroatoms. The lowest BCUT2D eigenvalue weighted by Gasteiger charge is -2.20. The van der Waals surface area contributed by atoms with Crippen molar-refractivity contribution in [2.24, 2.45) is 0 Å². The van der Waals surface area contributed by atoms with Gasteiger partial charge in [0, 0.05) is 12.8 Å². The molecule has 0 aliphatic carbocycles. The van der Waals surface area contributed by atoms with E-state index < -0.39 is 12.1 Å². The van der Waals surface area contributed by atoms with Crippen molar-refractivity contribution in [3.05, 3.63) is 24.3 Å². The van der Waals surface area contributed by atoms with Crippen LogP contribution in [0.3, 0.4) is 0 Å². The van der Waals surface area contributed by atoms with Crippen LogP contribution in [0, 0.1) is 0 Å². The molecule has 0 saturated carbocycles. The molecule has 396 valence electrons. The molecule has 0 aliphatic heterocycles. The van der Waals surface area contributed by atoms with Crippen molar-refractivity contribution in [3.8, 4) is 0 Å². The topological polar surface area (TPSA) is 95.9 Å². The minimum atomic E-state index is -0.845. The third-order valence-electron chi connectivity index (χ3n) is 14.0. The zero-order valence-electron chi connectivity index (χ0n) is 45.1. The number of aliphatic hydroxyl groups is 2. The van der Waals surface area contributed by atoms with Crippen LogP contribution in [0.5, 0.6) is 0 Å². The highest BCUT2D eigenvalue weighted by atomic mass is 16.5. The Hall–Kier alpha value is -1.66. The van der Waals surface area contributed by atoms with Crippen molar-refractivity contribution in [2.75, 3.05) is 13.2 Å². The number of hydrogen-bond donors (Lipinski definition) is 3. The third kappa shape index (κ3) is 53.5. The Kier molecular flexibility index (Phi) is 55.5. The number of hydrogen-bond acceptors (Lipinski definition) is 5. The van der Waals surface area contributed by atoms with Crippen molar-refractivity contribution in [1.29, 1.82) is 0 Å². The molecule has 1 amide bonds. The number of nitrogens with one attached hydrogen (secondary N) is 1. The molecule has 0 aromatic rings. The summed E-state index contributed by atoms with van der Waals surface area (Å²) in [7, 11) is 0. The predicted molar refractivity (Wildman–Crippen MR) is 292 cm³/mol. The van der Waals surface area contributed by atoms with Gasteiger partial charge in [0.05, 0.1) is 25.4 Å². The van der Waals surface area contributed by atoms with Crippen molar-refractivity contribution in [3.63, 3.8) is 0 Å². The van der Waals surface area contributed by atoms with Gasteiger partial charge in [-0.25, -0.2) is 0 Å². The molecule has 0 aromatic heterocycles. The van der Waals surface area contributed by atoms with E-state index in [4.69, 9.17) is 4.74 Å². The summed E-state index contributed by atoms with van der Waals surface area (Å²) in [5, 5.41) is 23.1. The number of aliphatic hydroxyl groups excluding tert-OH is 2. The molecule has 2 atom stereocenters. The molecule has 6 nitrogen and oxygen atoms in total. The molecular formula is C61H117NO5. The molecule has 0 heterocycles. The molecule has 2 unspecified atom stereocenters. The summed E-state index contributed by atoms with van der Waals surface area (Å²) < 4.78 is 5.48. The summed E-state index contributed by atoms with van der Waals surface area (Å²) in [6, 6.07) is -0.629. The number of carbonyl (C=O) groups is 2. The van der Waals surface area contributed by atoms with E-state index in [2.05, 4.69) is 31.3 Å². The number of amides is 1. The quantitative estimate of drug-likeness (QED) is 0.0321. The normalized spacial score (nSPS) is 12.7. The van der Waals surface area contributed by atoms with E-state index >= 15 is 0 Å². The first-order valence-electron chi connectivity index (χ1n) is 30.1. The lowest BCUT2D eigenvalue weighted by atomic mass is 10.0. The van der Waals surface area contributed by atoms with Crippen LogP contribution >= 0.6 is 0 Å². The second-order valence-corrected chi connectivity index (χ2v) is 20.7. The van der Waals surface area contributed by atoms with Crippen LogP contribution in [0.1, 0.15) is 328 Å². The highest BCUT2D eigenvalue weighted by molar-refractivity contribution is 5.76. The second kappa shape index (κ2) is 56.9. The van der Waals surface area contributed by atoms with Gasteiger partial charge >= 0.3 is 5.97 Å². The molecule has 3 N–H and O–H groups in total. The average Bonchev–Trinajstić information content (AvgIpc) is 3.33. The van der Waals surface area contributed by atoms with E-state index in [9.17, 15) is 19.8 Å². The summed E-state index contributed by atoms with van der Waals surface area (Å²) in [5.41, 5.74) is 0. The van der Waals surface area contributed by atoms with Gasteiger partial charge in [-0.05, 0) is 57.8 Å². The number of ether oxygens (including phenoxy) is 1. The molecule has 0 rings (SSSR count). The van der Waals surface area contributed by atoms with Crippen LogP contribution in [0.2, 0.25) is 0 Å². The van der Waals surface area contributed by atoms with Gasteiger partial charge in [-0.15, -0.1) is 0 Å². The lowest BCUT2D eigenvalue weighted by molar-refractivity contribution is -0.143. The molecule has 0 aromatic carbocycles. The van der Waals surface area contributed by atoms with Gasteiger partial charge in [0.1, 0.15) is 0 Å². The zero-order chi connectivity index (χ0) is 48.6. The monoisotopic (exact) mass is 944 g/mol. The Balaban J connectivity index is 3.41. The van der Waals surface area contributed by atoms with Crippen molar-refractivity contribution < 1.29 is 24.5 Å². The van der Waals surface area contributed by atoms with E-state index in [0.717, 1.165) is 44.9 Å². The minimum absolute atomic E-state index is 0.00224. The van der Waals surface area contributed by atoms with Crippen molar-refractivity contribution in [1.82, 2.24) is 5.32 Å². The predicted octanol–water partition coefficient (Wildman–Crippen LogP) is 18.6. The highest BCUT2D eigenvalue weighted by Gasteiger charge is 2.18. The fourth-order valence-electron chi connectivity index (χ4n) is 9.34. The number of rotatable bonds is 56. The van der Waals surface area contributed by atoms with Crippen LogP contribution in [-0.2, 0) is 14.3 Å². The summed E-state index contributed by atoms with van der Waals surface area (Å²) in [4.78, 5) is 24.5. The maximum absolute atomic E-state index is 12.5. The molecule has 0 spiro atoms. The van der Waals surface area contributed by atoms with E-state index in [0.29, 0.717) is 19.4 Å². The van der Waals surface area contributed by atoms with E-state index in [1.165, 1.54) is 257 Å². The van der Waals surface area contributed by atoms with Gasteiger partial charge in [-0.3, -0.25) is 9.59 Å². The summed E-state index contributed by atoms with van der Waals surface area (Å²) >= 11 is 0. The highest BCUT2D eigenvalue weighted by Crippen LogP contribution is 2.17. The Labute approximate surface area is 418 Å². The first kappa shape index (κ1) is 65.3. The maximum Gasteiger partial charge on any atom is 0.305 e. The summed E-state index contributed by atoms with van der Waals surface area (Å²) in [6.07, 6.45) is 69.2. The third-order valence-corrected chi connectivity index (χ3v) is 14.0. The molecule has 0 radical (unpaired) electrons. The molecular weight excluding hydrogens is 827 g/mol. The number of allylic oxidation sites excluding steroid dienone is 3. The van der Waals surface area contributed by atoms with Crippen molar-refractivity contribution in [2.45, 2.75) is 341 Å². The van der Waals surface area contributed by atoms with Crippen LogP contribution in [0.4, 0.5) is 0 Å². The Morgan fingerprint density at radius 2 is 0.701 bits per heavy atom. The van der Waals surface area contributed by atoms with Crippen LogP contribution < -0.4 is 5.32 Å². The van der Waals surface area contributed by atoms with Gasteiger partial charge in [0.25, 0.3) is 0 Å². The van der Waals surface area contributed by atoms with Gasteiger partial charge in [0.15, 0.2) is 0 Å². The summed E-state index contributed by atoms with van der Waals surface area (Å²) in [5.74, 6) is -0.0663. The Morgan fingerprint density at radius 1 is 0.403 bits per heavy atom. The standard InChI is InChI=1S/C61H117NO5/c1-3-5-7-9-11-13-15-17-25-29-33-37-41-45-49-53-59(64)58(57-63)62-60(65)54-50-46-42-38-34-30-27-23-21-19-20-22-24-28-32-36-40-44-48-52-56-67-61(66)55-51-47-43-39-35-31-26-18-16-14-12-10-8-6-4-2/h18,26,49,53,58-59,63-64H,3-17,19-25,27-48,50-52,54-57H2,1-2H3,(H,62,65)/b26-18-,53-49+. The molecule has 0 bridgehead atoms. The van der Waals surface area contributed by atoms with Gasteiger partial charge in [-0.1, -0.05) is 282 Å². The number of carbonyl (C=O) groups excluding carboxylic acids is 2. The molecule has 67 heavy (non-hydrogen) atoms. The average molecular weight is 945 g/mol. The van der Waals surface area contributed by atoms with Gasteiger partial charge in [0.2, 0.25) is 5.91 Å². The van der Waals surface area contributed by atoms with Crippen LogP contribution in [-0.4, -0.2) is 47.4 Å². The molecule has 0 saturated heterocycles. The Morgan fingerprint density at radius 3 is 1.06 bits per heavy atom. The zero-order valence-corrected chi connectivity index (χ0v) is 45.1. The van der Waals surface area contributed by atoms with E-state index in [1.54, 1.807) is 6.08 Å². The van der Waals surface area contributed by atoms with Gasteiger partial charge in [-0.2, -0.15) is 0 Å². The van der Waals surface area contributed by atoms with Crippen LogP contribution in [0.15, 0.2) is 24.3 Å². The maximum atomic E-state index is 12.5. The Bertz CT molecular complexity index is 1040. The first-order valence-corrected chi connectivity index (χ1v) is 30.1. The second-order valence-electron chi connectivity index (χ2n) is 20.7. The smallest absolute Gasteiger partial charge is 0.305 e. The van der Waals surface area contributed by atoms with E-state index in [1.807, 2.05) is 6.08 Å². The lowest BCUT2D eigenvalue weighted by Crippen LogP contribution is -2.45. The number of unbranched alkanes of at least 4 members (excludes halogenated alkanes) is 43.